The van der Waals surface area contributed by atoms with Gasteiger partial charge in [0.25, 0.3) is 0 Å². The van der Waals surface area contributed by atoms with Crippen molar-refractivity contribution in [3.05, 3.63) is 35.9 Å². The largest absolute Gasteiger partial charge is 0.468 e. The first kappa shape index (κ1) is 12.8. The van der Waals surface area contributed by atoms with E-state index >= 15 is 0 Å². The zero-order chi connectivity index (χ0) is 13.4. The third-order valence-corrected chi connectivity index (χ3v) is 3.41. The van der Waals surface area contributed by atoms with Gasteiger partial charge in [-0.3, -0.25) is 9.79 Å². The van der Waals surface area contributed by atoms with Crippen LogP contribution in [0, 0.1) is 5.41 Å². The quantitative estimate of drug-likeness (QED) is 0.751. The average Bonchev–Trinajstić information content (AvgIpc) is 2.60. The van der Waals surface area contributed by atoms with Crippen molar-refractivity contribution in [2.45, 2.75) is 32.7 Å². The highest BCUT2D eigenvalue weighted by Crippen LogP contribution is 2.42. The van der Waals surface area contributed by atoms with Gasteiger partial charge in [0.15, 0.2) is 0 Å². The van der Waals surface area contributed by atoms with Gasteiger partial charge in [-0.05, 0) is 32.8 Å². The Morgan fingerprint density at radius 2 is 1.83 bits per heavy atom. The van der Waals surface area contributed by atoms with Crippen molar-refractivity contribution in [2.24, 2.45) is 10.4 Å². The van der Waals surface area contributed by atoms with E-state index in [4.69, 9.17) is 9.73 Å². The molecule has 3 nitrogen and oxygen atoms in total. The highest BCUT2D eigenvalue weighted by atomic mass is 16.5. The molecule has 1 aliphatic rings. The van der Waals surface area contributed by atoms with Gasteiger partial charge in [0, 0.05) is 0 Å². The molecule has 1 unspecified atom stereocenters. The Balaban J connectivity index is 2.51. The number of hydrogen-bond donors (Lipinski definition) is 0. The molecule has 96 valence electrons. The zero-order valence-corrected chi connectivity index (χ0v) is 11.4. The second-order valence-electron chi connectivity index (χ2n) is 5.64. The molecular formula is C15H19NO2. The van der Waals surface area contributed by atoms with Gasteiger partial charge in [0.1, 0.15) is 5.41 Å². The lowest BCUT2D eigenvalue weighted by atomic mass is 9.77. The molecule has 1 aliphatic heterocycles. The molecule has 0 fully saturated rings. The lowest BCUT2D eigenvalue weighted by molar-refractivity contribution is -0.148. The van der Waals surface area contributed by atoms with E-state index in [1.165, 1.54) is 7.11 Å². The monoisotopic (exact) mass is 245 g/mol. The van der Waals surface area contributed by atoms with Gasteiger partial charge in [0.2, 0.25) is 0 Å². The highest BCUT2D eigenvalue weighted by Gasteiger charge is 2.49. The van der Waals surface area contributed by atoms with Crippen LogP contribution in [0.25, 0.3) is 0 Å². The van der Waals surface area contributed by atoms with Gasteiger partial charge < -0.3 is 4.74 Å². The molecular weight excluding hydrogens is 226 g/mol. The molecule has 2 rings (SSSR count). The summed E-state index contributed by atoms with van der Waals surface area (Å²) >= 11 is 0. The molecule has 0 amide bonds. The number of aliphatic imine (C=N–C) groups is 1. The van der Waals surface area contributed by atoms with Crippen LogP contribution in [0.4, 0.5) is 0 Å². The van der Waals surface area contributed by atoms with E-state index in [1.807, 2.05) is 51.1 Å². The summed E-state index contributed by atoms with van der Waals surface area (Å²) < 4.78 is 4.96. The molecule has 18 heavy (non-hydrogen) atoms. The maximum Gasteiger partial charge on any atom is 0.317 e. The van der Waals surface area contributed by atoms with Crippen LogP contribution < -0.4 is 0 Å². The third kappa shape index (κ3) is 2.05. The third-order valence-electron chi connectivity index (χ3n) is 3.41. The summed E-state index contributed by atoms with van der Waals surface area (Å²) in [6.07, 6.45) is 0.677. The Kier molecular flexibility index (Phi) is 3.01. The van der Waals surface area contributed by atoms with E-state index in [9.17, 15) is 4.79 Å². The van der Waals surface area contributed by atoms with Gasteiger partial charge in [-0.1, -0.05) is 30.3 Å². The average molecular weight is 245 g/mol. The van der Waals surface area contributed by atoms with Crippen molar-refractivity contribution in [3.8, 4) is 0 Å². The lowest BCUT2D eigenvalue weighted by Gasteiger charge is -2.25. The van der Waals surface area contributed by atoms with Crippen LogP contribution in [-0.2, 0) is 9.53 Å². The number of carbonyl (C=O) groups is 1. The molecule has 1 aromatic carbocycles. The summed E-state index contributed by atoms with van der Waals surface area (Å²) in [5.74, 6) is -0.212. The van der Waals surface area contributed by atoms with Crippen molar-refractivity contribution < 1.29 is 9.53 Å². The van der Waals surface area contributed by atoms with Crippen LogP contribution in [-0.4, -0.2) is 24.3 Å². The van der Waals surface area contributed by atoms with Crippen molar-refractivity contribution in [3.63, 3.8) is 0 Å². The summed E-state index contributed by atoms with van der Waals surface area (Å²) in [5, 5.41) is 0. The molecule has 1 aromatic rings. The van der Waals surface area contributed by atoms with Crippen LogP contribution in [0.3, 0.4) is 0 Å². The molecule has 1 heterocycles. The van der Waals surface area contributed by atoms with Gasteiger partial charge in [-0.25, -0.2) is 0 Å². The maximum absolute atomic E-state index is 12.1. The highest BCUT2D eigenvalue weighted by molar-refractivity contribution is 6.16. The van der Waals surface area contributed by atoms with Crippen molar-refractivity contribution in [1.82, 2.24) is 0 Å². The number of rotatable bonds is 2. The Morgan fingerprint density at radius 3 is 2.39 bits per heavy atom. The van der Waals surface area contributed by atoms with Crippen LogP contribution in [0.15, 0.2) is 35.3 Å². The Hall–Kier alpha value is -1.64. The second kappa shape index (κ2) is 4.23. The van der Waals surface area contributed by atoms with E-state index < -0.39 is 5.41 Å². The normalized spacial score (nSPS) is 25.7. The molecule has 0 N–H and O–H groups in total. The van der Waals surface area contributed by atoms with Gasteiger partial charge in [-0.2, -0.15) is 0 Å². The van der Waals surface area contributed by atoms with E-state index in [-0.39, 0.29) is 11.5 Å². The number of esters is 1. The zero-order valence-electron chi connectivity index (χ0n) is 11.4. The van der Waals surface area contributed by atoms with Crippen LogP contribution in [0.5, 0.6) is 0 Å². The van der Waals surface area contributed by atoms with Crippen molar-refractivity contribution >= 4 is 11.7 Å². The van der Waals surface area contributed by atoms with E-state index in [0.29, 0.717) is 6.42 Å². The minimum atomic E-state index is -0.653. The molecule has 0 aromatic heterocycles. The van der Waals surface area contributed by atoms with Crippen LogP contribution in [0.2, 0.25) is 0 Å². The predicted molar refractivity (Wildman–Crippen MR) is 71.8 cm³/mol. The topological polar surface area (TPSA) is 38.7 Å². The first-order chi connectivity index (χ1) is 8.39. The van der Waals surface area contributed by atoms with Crippen molar-refractivity contribution in [2.75, 3.05) is 7.11 Å². The molecule has 1 atom stereocenters. The SMILES string of the molecule is COC(=O)C1(C)CC(C)(C)N=C1c1ccccc1. The molecule has 0 aliphatic carbocycles. The summed E-state index contributed by atoms with van der Waals surface area (Å²) in [7, 11) is 1.43. The molecule has 0 spiro atoms. The summed E-state index contributed by atoms with van der Waals surface area (Å²) in [4.78, 5) is 16.8. The minimum Gasteiger partial charge on any atom is -0.468 e. The molecule has 0 bridgehead atoms. The smallest absolute Gasteiger partial charge is 0.317 e. The number of nitrogens with zero attached hydrogens (tertiary/aromatic N) is 1. The molecule has 0 saturated heterocycles. The number of benzene rings is 1. The second-order valence-corrected chi connectivity index (χ2v) is 5.64. The first-order valence-electron chi connectivity index (χ1n) is 6.13. The standard InChI is InChI=1S/C15H19NO2/c1-14(2)10-15(3,13(17)18-4)12(16-14)11-8-6-5-7-9-11/h5-9H,10H2,1-4H3. The minimum absolute atomic E-state index is 0.212. The van der Waals surface area contributed by atoms with Gasteiger partial charge in [-0.15, -0.1) is 0 Å². The number of methoxy groups -OCH3 is 1. The van der Waals surface area contributed by atoms with E-state index in [0.717, 1.165) is 11.3 Å². The predicted octanol–water partition coefficient (Wildman–Crippen LogP) is 2.84. The number of hydrogen-bond acceptors (Lipinski definition) is 3. The first-order valence-corrected chi connectivity index (χ1v) is 6.13. The molecule has 0 radical (unpaired) electrons. The number of carbonyl (C=O) groups excluding carboxylic acids is 1. The Labute approximate surface area is 108 Å². The molecule has 3 heteroatoms. The van der Waals surface area contributed by atoms with Crippen LogP contribution >= 0.6 is 0 Å². The summed E-state index contributed by atoms with van der Waals surface area (Å²) in [5.41, 5.74) is 0.948. The van der Waals surface area contributed by atoms with E-state index in [2.05, 4.69) is 0 Å². The van der Waals surface area contributed by atoms with Gasteiger partial charge >= 0.3 is 5.97 Å². The Bertz CT molecular complexity index is 490. The fourth-order valence-electron chi connectivity index (χ4n) is 2.79. The fourth-order valence-corrected chi connectivity index (χ4v) is 2.79. The van der Waals surface area contributed by atoms with Gasteiger partial charge in [0.05, 0.1) is 18.4 Å². The summed E-state index contributed by atoms with van der Waals surface area (Å²) in [6.45, 7) is 6.01. The lowest BCUT2D eigenvalue weighted by Crippen LogP contribution is -2.36. The van der Waals surface area contributed by atoms with Crippen LogP contribution in [0.1, 0.15) is 32.8 Å². The fraction of sp³-hybridized carbons (Fsp3) is 0.467. The number of ether oxygens (including phenoxy) is 1. The van der Waals surface area contributed by atoms with E-state index in [1.54, 1.807) is 0 Å². The Morgan fingerprint density at radius 1 is 1.22 bits per heavy atom. The summed E-state index contributed by atoms with van der Waals surface area (Å²) in [6, 6.07) is 9.85. The maximum atomic E-state index is 12.1. The molecule has 0 saturated carbocycles. The van der Waals surface area contributed by atoms with Crippen molar-refractivity contribution in [1.29, 1.82) is 0 Å².